The molecule has 0 heteroatoms. The normalized spacial score (nSPS) is 30.0. The highest BCUT2D eigenvalue weighted by molar-refractivity contribution is 5.00. The SMILES string of the molecule is CC(C)C(C)C1CC2(CCC2)C1. The van der Waals surface area contributed by atoms with Crippen molar-refractivity contribution >= 4 is 0 Å². The van der Waals surface area contributed by atoms with Crippen LogP contribution in [0.3, 0.4) is 0 Å². The first kappa shape index (κ1) is 8.59. The highest BCUT2D eigenvalue weighted by Crippen LogP contribution is 2.61. The van der Waals surface area contributed by atoms with Gasteiger partial charge in [-0.05, 0) is 48.9 Å². The van der Waals surface area contributed by atoms with Crippen molar-refractivity contribution in [1.82, 2.24) is 0 Å². The lowest BCUT2D eigenvalue weighted by atomic mass is 9.49. The molecule has 2 aliphatic rings. The molecule has 0 nitrogen and oxygen atoms in total. The maximum absolute atomic E-state index is 2.45. The van der Waals surface area contributed by atoms with Gasteiger partial charge in [0.05, 0.1) is 0 Å². The van der Waals surface area contributed by atoms with Crippen molar-refractivity contribution in [3.63, 3.8) is 0 Å². The molecule has 0 aromatic heterocycles. The predicted octanol–water partition coefficient (Wildman–Crippen LogP) is 3.86. The predicted molar refractivity (Wildman–Crippen MR) is 53.0 cm³/mol. The Hall–Kier alpha value is 0. The van der Waals surface area contributed by atoms with Gasteiger partial charge in [0.1, 0.15) is 0 Å². The lowest BCUT2D eigenvalue weighted by molar-refractivity contribution is -0.0548. The Balaban J connectivity index is 1.80. The van der Waals surface area contributed by atoms with Gasteiger partial charge >= 0.3 is 0 Å². The van der Waals surface area contributed by atoms with Crippen LogP contribution in [-0.2, 0) is 0 Å². The van der Waals surface area contributed by atoms with E-state index in [9.17, 15) is 0 Å². The van der Waals surface area contributed by atoms with E-state index in [0.29, 0.717) is 0 Å². The molecule has 12 heavy (non-hydrogen) atoms. The van der Waals surface area contributed by atoms with Crippen LogP contribution in [0.25, 0.3) is 0 Å². The van der Waals surface area contributed by atoms with Crippen molar-refractivity contribution in [3.05, 3.63) is 0 Å². The largest absolute Gasteiger partial charge is 0.0625 e. The molecule has 0 bridgehead atoms. The second-order valence-corrected chi connectivity index (χ2v) is 5.63. The molecule has 0 aromatic carbocycles. The summed E-state index contributed by atoms with van der Waals surface area (Å²) in [4.78, 5) is 0. The van der Waals surface area contributed by atoms with E-state index >= 15 is 0 Å². The monoisotopic (exact) mass is 166 g/mol. The highest BCUT2D eigenvalue weighted by Gasteiger charge is 2.49. The van der Waals surface area contributed by atoms with E-state index in [-0.39, 0.29) is 0 Å². The number of hydrogen-bond donors (Lipinski definition) is 0. The van der Waals surface area contributed by atoms with Crippen molar-refractivity contribution in [2.45, 2.75) is 52.9 Å². The lowest BCUT2D eigenvalue weighted by Crippen LogP contribution is -2.45. The van der Waals surface area contributed by atoms with Gasteiger partial charge in [-0.2, -0.15) is 0 Å². The molecule has 2 saturated carbocycles. The van der Waals surface area contributed by atoms with Crippen LogP contribution in [0.1, 0.15) is 52.9 Å². The Kier molecular flexibility index (Phi) is 1.97. The average Bonchev–Trinajstić information content (AvgIpc) is 1.80. The first-order valence-electron chi connectivity index (χ1n) is 5.63. The third-order valence-electron chi connectivity index (χ3n) is 4.60. The van der Waals surface area contributed by atoms with E-state index in [2.05, 4.69) is 20.8 Å². The molecule has 0 aromatic rings. The van der Waals surface area contributed by atoms with E-state index in [0.717, 1.165) is 23.2 Å². The summed E-state index contributed by atoms with van der Waals surface area (Å²) in [5.74, 6) is 2.94. The van der Waals surface area contributed by atoms with Crippen molar-refractivity contribution in [2.75, 3.05) is 0 Å². The van der Waals surface area contributed by atoms with Gasteiger partial charge in [0.15, 0.2) is 0 Å². The maximum atomic E-state index is 2.45. The van der Waals surface area contributed by atoms with Crippen LogP contribution >= 0.6 is 0 Å². The molecule has 2 aliphatic carbocycles. The Morgan fingerprint density at radius 3 is 2.00 bits per heavy atom. The van der Waals surface area contributed by atoms with Crippen LogP contribution in [-0.4, -0.2) is 0 Å². The Morgan fingerprint density at radius 2 is 1.67 bits per heavy atom. The van der Waals surface area contributed by atoms with Gasteiger partial charge < -0.3 is 0 Å². The van der Waals surface area contributed by atoms with Gasteiger partial charge in [-0.1, -0.05) is 27.2 Å². The van der Waals surface area contributed by atoms with Crippen LogP contribution in [0.4, 0.5) is 0 Å². The minimum Gasteiger partial charge on any atom is -0.0625 e. The second-order valence-electron chi connectivity index (χ2n) is 5.63. The van der Waals surface area contributed by atoms with Crippen molar-refractivity contribution in [3.8, 4) is 0 Å². The van der Waals surface area contributed by atoms with Crippen LogP contribution in [0.2, 0.25) is 0 Å². The van der Waals surface area contributed by atoms with Crippen LogP contribution in [0, 0.1) is 23.2 Å². The molecule has 1 unspecified atom stereocenters. The topological polar surface area (TPSA) is 0 Å². The molecule has 2 rings (SSSR count). The Morgan fingerprint density at radius 1 is 1.08 bits per heavy atom. The van der Waals surface area contributed by atoms with Crippen LogP contribution < -0.4 is 0 Å². The van der Waals surface area contributed by atoms with Crippen molar-refractivity contribution in [2.24, 2.45) is 23.2 Å². The summed E-state index contributed by atoms with van der Waals surface area (Å²) in [7, 11) is 0. The molecule has 0 aliphatic heterocycles. The molecule has 1 spiro atoms. The molecular weight excluding hydrogens is 144 g/mol. The zero-order valence-corrected chi connectivity index (χ0v) is 8.77. The summed E-state index contributed by atoms with van der Waals surface area (Å²) in [6.07, 6.45) is 7.74. The summed E-state index contributed by atoms with van der Waals surface area (Å²) in [6, 6.07) is 0. The van der Waals surface area contributed by atoms with Crippen molar-refractivity contribution in [1.29, 1.82) is 0 Å². The average molecular weight is 166 g/mol. The summed E-state index contributed by atoms with van der Waals surface area (Å²) < 4.78 is 0. The third kappa shape index (κ3) is 1.20. The third-order valence-corrected chi connectivity index (χ3v) is 4.60. The van der Waals surface area contributed by atoms with E-state index in [1.807, 2.05) is 0 Å². The van der Waals surface area contributed by atoms with E-state index in [1.165, 1.54) is 6.42 Å². The lowest BCUT2D eigenvalue weighted by Gasteiger charge is -2.56. The van der Waals surface area contributed by atoms with Gasteiger partial charge in [0, 0.05) is 0 Å². The van der Waals surface area contributed by atoms with E-state index in [4.69, 9.17) is 0 Å². The summed E-state index contributed by atoms with van der Waals surface area (Å²) in [5, 5.41) is 0. The summed E-state index contributed by atoms with van der Waals surface area (Å²) in [6.45, 7) is 7.19. The smallest absolute Gasteiger partial charge is 0.0292 e. The molecule has 1 atom stereocenters. The number of rotatable bonds is 2. The standard InChI is InChI=1S/C12H22/c1-9(2)10(3)11-7-12(8-11)5-4-6-12/h9-11H,4-8H2,1-3H3. The zero-order valence-electron chi connectivity index (χ0n) is 8.77. The van der Waals surface area contributed by atoms with Crippen LogP contribution in [0.5, 0.6) is 0 Å². The van der Waals surface area contributed by atoms with Crippen LogP contribution in [0.15, 0.2) is 0 Å². The van der Waals surface area contributed by atoms with Gasteiger partial charge in [-0.15, -0.1) is 0 Å². The maximum Gasteiger partial charge on any atom is -0.0292 e. The molecule has 0 radical (unpaired) electrons. The number of hydrogen-bond acceptors (Lipinski definition) is 0. The summed E-state index contributed by atoms with van der Waals surface area (Å²) >= 11 is 0. The second kappa shape index (κ2) is 2.75. The molecule has 0 N–H and O–H groups in total. The van der Waals surface area contributed by atoms with E-state index in [1.54, 1.807) is 25.7 Å². The fourth-order valence-corrected chi connectivity index (χ4v) is 3.05. The Labute approximate surface area is 76.7 Å². The molecule has 0 heterocycles. The zero-order chi connectivity index (χ0) is 8.77. The van der Waals surface area contributed by atoms with Gasteiger partial charge in [-0.25, -0.2) is 0 Å². The Bertz CT molecular complexity index is 157. The van der Waals surface area contributed by atoms with E-state index < -0.39 is 0 Å². The highest BCUT2D eigenvalue weighted by atomic mass is 14.5. The van der Waals surface area contributed by atoms with Gasteiger partial charge in [0.2, 0.25) is 0 Å². The molecule has 0 amide bonds. The van der Waals surface area contributed by atoms with Gasteiger partial charge in [0.25, 0.3) is 0 Å². The molecular formula is C12H22. The first-order valence-corrected chi connectivity index (χ1v) is 5.63. The molecule has 0 saturated heterocycles. The van der Waals surface area contributed by atoms with Crippen molar-refractivity contribution < 1.29 is 0 Å². The fraction of sp³-hybridized carbons (Fsp3) is 1.00. The van der Waals surface area contributed by atoms with Gasteiger partial charge in [-0.3, -0.25) is 0 Å². The minimum absolute atomic E-state index is 0.883. The first-order chi connectivity index (χ1) is 5.63. The quantitative estimate of drug-likeness (QED) is 0.584. The molecule has 70 valence electrons. The summed E-state index contributed by atoms with van der Waals surface area (Å²) in [5.41, 5.74) is 0.883. The fourth-order valence-electron chi connectivity index (χ4n) is 3.05. The molecule has 2 fully saturated rings. The minimum atomic E-state index is 0.883.